The summed E-state index contributed by atoms with van der Waals surface area (Å²) in [6.45, 7) is 2.81. The van der Waals surface area contributed by atoms with Crippen molar-refractivity contribution >= 4 is 23.1 Å². The number of ether oxygens (including phenoxy) is 3. The highest BCUT2D eigenvalue weighted by Gasteiger charge is 2.41. The SMILES string of the molecule is COc1cccc([C@@H]2C(C(=O)OC[C@H]3CCCO3)=C(C)NC3=C2C(=O)C[C@H](c2cccs2)C3)c1. The predicted octanol–water partition coefficient (Wildman–Crippen LogP) is 4.84. The number of dihydropyridines is 1. The summed E-state index contributed by atoms with van der Waals surface area (Å²) < 4.78 is 16.8. The molecule has 3 atom stereocenters. The third-order valence-electron chi connectivity index (χ3n) is 6.84. The van der Waals surface area contributed by atoms with Crippen molar-refractivity contribution in [2.75, 3.05) is 20.3 Å². The summed E-state index contributed by atoms with van der Waals surface area (Å²) in [5.41, 5.74) is 3.61. The Morgan fingerprint density at radius 2 is 2.12 bits per heavy atom. The number of hydrogen-bond donors (Lipinski definition) is 1. The molecule has 1 saturated heterocycles. The molecule has 0 radical (unpaired) electrons. The number of ketones is 1. The van der Waals surface area contributed by atoms with Crippen LogP contribution in [0, 0.1) is 0 Å². The Morgan fingerprint density at radius 3 is 2.85 bits per heavy atom. The van der Waals surface area contributed by atoms with Crippen molar-refractivity contribution in [1.29, 1.82) is 0 Å². The summed E-state index contributed by atoms with van der Waals surface area (Å²) >= 11 is 1.68. The summed E-state index contributed by atoms with van der Waals surface area (Å²) in [5.74, 6) is -0.0155. The molecule has 0 bridgehead atoms. The van der Waals surface area contributed by atoms with Gasteiger partial charge < -0.3 is 19.5 Å². The van der Waals surface area contributed by atoms with Gasteiger partial charge in [0.2, 0.25) is 0 Å². The summed E-state index contributed by atoms with van der Waals surface area (Å²) in [5, 5.41) is 5.45. The highest BCUT2D eigenvalue weighted by atomic mass is 32.1. The zero-order valence-electron chi connectivity index (χ0n) is 19.5. The molecule has 3 heterocycles. The van der Waals surface area contributed by atoms with Crippen molar-refractivity contribution in [3.8, 4) is 5.75 Å². The molecule has 2 aromatic rings. The maximum Gasteiger partial charge on any atom is 0.336 e. The zero-order valence-corrected chi connectivity index (χ0v) is 20.3. The molecule has 0 amide bonds. The molecule has 1 aromatic heterocycles. The lowest BCUT2D eigenvalue weighted by Crippen LogP contribution is -2.36. The van der Waals surface area contributed by atoms with Crippen LogP contribution in [0.1, 0.15) is 54.9 Å². The van der Waals surface area contributed by atoms with E-state index < -0.39 is 11.9 Å². The third-order valence-corrected chi connectivity index (χ3v) is 7.88. The Balaban J connectivity index is 1.51. The fourth-order valence-electron chi connectivity index (χ4n) is 5.21. The maximum absolute atomic E-state index is 13.6. The Hall–Kier alpha value is -2.90. The van der Waals surface area contributed by atoms with E-state index in [4.69, 9.17) is 14.2 Å². The van der Waals surface area contributed by atoms with E-state index in [-0.39, 0.29) is 24.4 Å². The molecule has 34 heavy (non-hydrogen) atoms. The fraction of sp³-hybridized carbons (Fsp3) is 0.407. The molecular weight excluding hydrogens is 450 g/mol. The molecule has 7 heteroatoms. The minimum absolute atomic E-state index is 0.0608. The van der Waals surface area contributed by atoms with Crippen LogP contribution in [-0.2, 0) is 19.1 Å². The van der Waals surface area contributed by atoms with Crippen molar-refractivity contribution < 1.29 is 23.8 Å². The average molecular weight is 480 g/mol. The molecule has 1 aromatic carbocycles. The largest absolute Gasteiger partial charge is 0.497 e. The standard InChI is InChI=1S/C27H29NO5S/c1-16-24(27(30)33-15-20-8-4-10-32-20)25(17-6-3-7-19(12-17)31-2)26-21(28-16)13-18(14-22(26)29)23-9-5-11-34-23/h3,5-7,9,11-12,18,20,25,28H,4,8,10,13-15H2,1-2H3/t18-,20-,25-/m1/s1. The number of carbonyl (C=O) groups is 2. The van der Waals surface area contributed by atoms with Gasteiger partial charge >= 0.3 is 5.97 Å². The summed E-state index contributed by atoms with van der Waals surface area (Å²) in [6, 6.07) is 11.7. The van der Waals surface area contributed by atoms with Gasteiger partial charge in [-0.1, -0.05) is 18.2 Å². The molecular formula is C27H29NO5S. The van der Waals surface area contributed by atoms with Crippen molar-refractivity contribution in [3.05, 3.63) is 74.8 Å². The Kier molecular flexibility index (Phi) is 6.57. The van der Waals surface area contributed by atoms with E-state index >= 15 is 0 Å². The first-order valence-electron chi connectivity index (χ1n) is 11.7. The van der Waals surface area contributed by atoms with E-state index in [1.165, 1.54) is 4.88 Å². The summed E-state index contributed by atoms with van der Waals surface area (Å²) in [6.07, 6.45) is 2.97. The molecule has 2 aliphatic heterocycles. The minimum atomic E-state index is -0.500. The number of nitrogens with one attached hydrogen (secondary N) is 1. The molecule has 1 aliphatic carbocycles. The van der Waals surface area contributed by atoms with Crippen LogP contribution in [0.4, 0.5) is 0 Å². The van der Waals surface area contributed by atoms with Crippen LogP contribution < -0.4 is 10.1 Å². The first-order valence-corrected chi connectivity index (χ1v) is 12.6. The first kappa shape index (κ1) is 22.9. The van der Waals surface area contributed by atoms with Crippen molar-refractivity contribution in [1.82, 2.24) is 5.32 Å². The van der Waals surface area contributed by atoms with E-state index in [1.54, 1.807) is 18.4 Å². The predicted molar refractivity (Wildman–Crippen MR) is 130 cm³/mol. The van der Waals surface area contributed by atoms with E-state index in [0.29, 0.717) is 29.9 Å². The van der Waals surface area contributed by atoms with Gasteiger partial charge in [0.15, 0.2) is 5.78 Å². The molecule has 178 valence electrons. The second-order valence-electron chi connectivity index (χ2n) is 9.04. The quantitative estimate of drug-likeness (QED) is 0.598. The number of methoxy groups -OCH3 is 1. The van der Waals surface area contributed by atoms with Crippen LogP contribution in [0.3, 0.4) is 0 Å². The fourth-order valence-corrected chi connectivity index (χ4v) is 6.04. The second kappa shape index (κ2) is 9.76. The van der Waals surface area contributed by atoms with Gasteiger partial charge in [0.05, 0.1) is 18.8 Å². The van der Waals surface area contributed by atoms with Gasteiger partial charge in [0, 0.05) is 46.7 Å². The molecule has 6 nitrogen and oxygen atoms in total. The number of benzene rings is 1. The maximum atomic E-state index is 13.6. The van der Waals surface area contributed by atoms with E-state index in [9.17, 15) is 9.59 Å². The molecule has 0 spiro atoms. The van der Waals surface area contributed by atoms with E-state index in [1.807, 2.05) is 42.6 Å². The summed E-state index contributed by atoms with van der Waals surface area (Å²) in [4.78, 5) is 28.2. The van der Waals surface area contributed by atoms with E-state index in [0.717, 1.165) is 36.2 Å². The number of carbonyl (C=O) groups excluding carboxylic acids is 2. The third kappa shape index (κ3) is 4.42. The number of esters is 1. The van der Waals surface area contributed by atoms with Crippen LogP contribution in [0.5, 0.6) is 5.75 Å². The number of Topliss-reactive ketones (excluding diaryl/α,β-unsaturated/α-hetero) is 1. The van der Waals surface area contributed by atoms with Crippen LogP contribution >= 0.6 is 11.3 Å². The topological polar surface area (TPSA) is 73.9 Å². The van der Waals surface area contributed by atoms with Gasteiger partial charge in [0.25, 0.3) is 0 Å². The van der Waals surface area contributed by atoms with Gasteiger partial charge in [-0.2, -0.15) is 0 Å². The highest BCUT2D eigenvalue weighted by Crippen LogP contribution is 2.46. The number of hydrogen-bond acceptors (Lipinski definition) is 7. The monoisotopic (exact) mass is 479 g/mol. The van der Waals surface area contributed by atoms with Gasteiger partial charge in [-0.05, 0) is 55.3 Å². The number of allylic oxidation sites excluding steroid dienone is 3. The lowest BCUT2D eigenvalue weighted by molar-refractivity contribution is -0.142. The first-order chi connectivity index (χ1) is 16.5. The van der Waals surface area contributed by atoms with Crippen molar-refractivity contribution in [2.24, 2.45) is 0 Å². The van der Waals surface area contributed by atoms with Gasteiger partial charge in [0.1, 0.15) is 12.4 Å². The lowest BCUT2D eigenvalue weighted by Gasteiger charge is -2.36. The van der Waals surface area contributed by atoms with Crippen molar-refractivity contribution in [2.45, 2.75) is 50.5 Å². The van der Waals surface area contributed by atoms with Gasteiger partial charge in [-0.25, -0.2) is 4.79 Å². The Labute approximate surface area is 203 Å². The van der Waals surface area contributed by atoms with Crippen LogP contribution in [0.25, 0.3) is 0 Å². The van der Waals surface area contributed by atoms with Gasteiger partial charge in [-0.3, -0.25) is 4.79 Å². The smallest absolute Gasteiger partial charge is 0.336 e. The van der Waals surface area contributed by atoms with Crippen LogP contribution in [0.15, 0.2) is 64.3 Å². The minimum Gasteiger partial charge on any atom is -0.497 e. The molecule has 0 unspecified atom stereocenters. The zero-order chi connectivity index (χ0) is 23.7. The average Bonchev–Trinajstić information content (AvgIpc) is 3.56. The molecule has 1 fully saturated rings. The molecule has 5 rings (SSSR count). The van der Waals surface area contributed by atoms with E-state index in [2.05, 4.69) is 11.4 Å². The molecule has 3 aliphatic rings. The Bertz CT molecular complexity index is 1140. The molecule has 1 N–H and O–H groups in total. The van der Waals surface area contributed by atoms with Crippen LogP contribution in [0.2, 0.25) is 0 Å². The second-order valence-corrected chi connectivity index (χ2v) is 10.0. The normalized spacial score (nSPS) is 24.6. The highest BCUT2D eigenvalue weighted by molar-refractivity contribution is 7.10. The lowest BCUT2D eigenvalue weighted by atomic mass is 9.72. The van der Waals surface area contributed by atoms with Gasteiger partial charge in [-0.15, -0.1) is 11.3 Å². The van der Waals surface area contributed by atoms with Crippen molar-refractivity contribution in [3.63, 3.8) is 0 Å². The van der Waals surface area contributed by atoms with Crippen LogP contribution in [-0.4, -0.2) is 38.2 Å². The number of rotatable bonds is 6. The Morgan fingerprint density at radius 1 is 1.24 bits per heavy atom. The summed E-state index contributed by atoms with van der Waals surface area (Å²) in [7, 11) is 1.61. The molecule has 0 saturated carbocycles. The number of thiophene rings is 1.